The average molecular weight is 487 g/mol. The lowest BCUT2D eigenvalue weighted by Crippen LogP contribution is -2.45. The van der Waals surface area contributed by atoms with Gasteiger partial charge in [0.2, 0.25) is 0 Å². The fourth-order valence-electron chi connectivity index (χ4n) is 5.55. The highest BCUT2D eigenvalue weighted by Gasteiger charge is 2.31. The molecule has 2 fully saturated rings. The zero-order valence-corrected chi connectivity index (χ0v) is 20.5. The summed E-state index contributed by atoms with van der Waals surface area (Å²) in [5.41, 5.74) is 5.46. The number of hydrogen-bond donors (Lipinski definition) is 2. The molecule has 2 atom stereocenters. The molecule has 2 N–H and O–H groups in total. The van der Waals surface area contributed by atoms with Gasteiger partial charge in [-0.2, -0.15) is 5.10 Å². The summed E-state index contributed by atoms with van der Waals surface area (Å²) in [4.78, 5) is 13.4. The van der Waals surface area contributed by atoms with E-state index in [1.807, 2.05) is 30.1 Å². The molecule has 0 spiro atoms. The van der Waals surface area contributed by atoms with E-state index in [1.165, 1.54) is 6.07 Å². The number of halogens is 1. The number of amides is 1. The number of carbonyl (C=O) groups excluding carboxylic acids is 1. The van der Waals surface area contributed by atoms with Crippen LogP contribution in [0.5, 0.6) is 0 Å². The van der Waals surface area contributed by atoms with Crippen LogP contribution in [-0.4, -0.2) is 37.5 Å². The first-order valence-electron chi connectivity index (χ1n) is 12.9. The van der Waals surface area contributed by atoms with Crippen LogP contribution in [0.15, 0.2) is 55.0 Å². The molecule has 0 aliphatic heterocycles. The zero-order chi connectivity index (χ0) is 24.8. The first-order valence-corrected chi connectivity index (χ1v) is 12.9. The second-order valence-electron chi connectivity index (χ2n) is 10.3. The highest BCUT2D eigenvalue weighted by molar-refractivity contribution is 6.08. The Morgan fingerprint density at radius 2 is 1.83 bits per heavy atom. The molecule has 4 aromatic rings. The molecule has 2 heterocycles. The molecular formula is C29H31FN4O2. The fourth-order valence-corrected chi connectivity index (χ4v) is 5.55. The van der Waals surface area contributed by atoms with Gasteiger partial charge >= 0.3 is 0 Å². The molecule has 0 saturated heterocycles. The monoisotopic (exact) mass is 486 g/mol. The standard InChI is InChI=1S/C29H31FN4O2/c1-33-16-21(14-31-33)19-8-6-18(7-9-19)15-34-17-23(29(36)32-25-4-2-3-5-26(25)35)27-24(30)13-12-22(28(27)34)20-10-11-20/h6-9,12-14,16-17,20,25-26,35H,2-5,10-11,15H2,1H3,(H,32,36)/t25-,26-/m0/s1. The number of aryl methyl sites for hydroxylation is 1. The van der Waals surface area contributed by atoms with Gasteiger partial charge in [-0.1, -0.05) is 43.2 Å². The minimum atomic E-state index is -0.554. The number of nitrogens with zero attached hydrogens (tertiary/aromatic N) is 3. The first kappa shape index (κ1) is 23.0. The third-order valence-corrected chi connectivity index (χ3v) is 7.65. The van der Waals surface area contributed by atoms with Gasteiger partial charge in [0, 0.05) is 36.9 Å². The highest BCUT2D eigenvalue weighted by atomic mass is 19.1. The number of benzene rings is 2. The SMILES string of the molecule is Cn1cc(-c2ccc(Cn3cc(C(=O)N[C@H]4CCCC[C@@H]4O)c4c(F)ccc(C5CC5)c43)cc2)cn1. The molecule has 186 valence electrons. The normalized spacial score (nSPS) is 20.1. The summed E-state index contributed by atoms with van der Waals surface area (Å²) in [7, 11) is 1.90. The molecule has 2 aromatic carbocycles. The average Bonchev–Trinajstić information content (AvgIpc) is 3.52. The number of nitrogens with one attached hydrogen (secondary N) is 1. The molecule has 2 aromatic heterocycles. The zero-order valence-electron chi connectivity index (χ0n) is 20.5. The van der Waals surface area contributed by atoms with Crippen molar-refractivity contribution >= 4 is 16.8 Å². The molecule has 2 aliphatic rings. The van der Waals surface area contributed by atoms with Crippen molar-refractivity contribution in [3.05, 3.63) is 77.5 Å². The van der Waals surface area contributed by atoms with E-state index >= 15 is 4.39 Å². The third-order valence-electron chi connectivity index (χ3n) is 7.65. The Bertz CT molecular complexity index is 1420. The Kier molecular flexibility index (Phi) is 5.88. The van der Waals surface area contributed by atoms with Crippen LogP contribution in [0.1, 0.15) is 65.9 Å². The van der Waals surface area contributed by atoms with Crippen molar-refractivity contribution in [2.75, 3.05) is 0 Å². The van der Waals surface area contributed by atoms with Crippen molar-refractivity contribution in [2.24, 2.45) is 7.05 Å². The Labute approximate surface area is 209 Å². The predicted octanol–water partition coefficient (Wildman–Crippen LogP) is 5.14. The summed E-state index contributed by atoms with van der Waals surface area (Å²) >= 11 is 0. The van der Waals surface area contributed by atoms with E-state index in [0.717, 1.165) is 59.9 Å². The molecule has 0 bridgehead atoms. The minimum absolute atomic E-state index is 0.292. The van der Waals surface area contributed by atoms with Crippen molar-refractivity contribution < 1.29 is 14.3 Å². The molecule has 2 aliphatic carbocycles. The second-order valence-corrected chi connectivity index (χ2v) is 10.3. The lowest BCUT2D eigenvalue weighted by molar-refractivity contribution is 0.0718. The molecule has 7 heteroatoms. The Morgan fingerprint density at radius 1 is 1.06 bits per heavy atom. The number of aliphatic hydroxyl groups excluding tert-OH is 1. The fraction of sp³-hybridized carbons (Fsp3) is 0.379. The van der Waals surface area contributed by atoms with Crippen LogP contribution in [0, 0.1) is 5.82 Å². The second kappa shape index (κ2) is 9.21. The molecule has 36 heavy (non-hydrogen) atoms. The Hall–Kier alpha value is -3.45. The van der Waals surface area contributed by atoms with Gasteiger partial charge in [0.1, 0.15) is 5.82 Å². The van der Waals surface area contributed by atoms with Crippen LogP contribution in [-0.2, 0) is 13.6 Å². The lowest BCUT2D eigenvalue weighted by atomic mass is 9.92. The number of rotatable bonds is 6. The smallest absolute Gasteiger partial charge is 0.253 e. The predicted molar refractivity (Wildman–Crippen MR) is 137 cm³/mol. The summed E-state index contributed by atoms with van der Waals surface area (Å²) in [6, 6.07) is 11.4. The van der Waals surface area contributed by atoms with Crippen molar-refractivity contribution in [1.82, 2.24) is 19.7 Å². The van der Waals surface area contributed by atoms with Gasteiger partial charge < -0.3 is 15.0 Å². The van der Waals surface area contributed by atoms with Crippen LogP contribution in [0.4, 0.5) is 4.39 Å². The van der Waals surface area contributed by atoms with Crippen LogP contribution >= 0.6 is 0 Å². The molecular weight excluding hydrogens is 455 g/mol. The maximum atomic E-state index is 15.3. The van der Waals surface area contributed by atoms with E-state index in [9.17, 15) is 9.90 Å². The van der Waals surface area contributed by atoms with Gasteiger partial charge in [0.25, 0.3) is 5.91 Å². The summed E-state index contributed by atoms with van der Waals surface area (Å²) in [5.74, 6) is -0.288. The number of fused-ring (bicyclic) bond motifs is 1. The number of aromatic nitrogens is 3. The molecule has 0 unspecified atom stereocenters. The summed E-state index contributed by atoms with van der Waals surface area (Å²) in [6.07, 6.45) is 10.6. The van der Waals surface area contributed by atoms with Gasteiger partial charge in [0.15, 0.2) is 0 Å². The third kappa shape index (κ3) is 4.32. The molecule has 6 rings (SSSR count). The van der Waals surface area contributed by atoms with Crippen molar-refractivity contribution in [3.63, 3.8) is 0 Å². The van der Waals surface area contributed by atoms with Crippen LogP contribution in [0.25, 0.3) is 22.0 Å². The molecule has 0 radical (unpaired) electrons. The topological polar surface area (TPSA) is 72.1 Å². The number of hydrogen-bond acceptors (Lipinski definition) is 3. The van der Waals surface area contributed by atoms with Crippen molar-refractivity contribution in [1.29, 1.82) is 0 Å². The summed E-state index contributed by atoms with van der Waals surface area (Å²) < 4.78 is 19.1. The number of aliphatic hydroxyl groups is 1. The van der Waals surface area contributed by atoms with Crippen LogP contribution < -0.4 is 5.32 Å². The van der Waals surface area contributed by atoms with E-state index in [2.05, 4.69) is 34.7 Å². The molecule has 1 amide bonds. The van der Waals surface area contributed by atoms with Crippen LogP contribution in [0.2, 0.25) is 0 Å². The van der Waals surface area contributed by atoms with E-state index in [4.69, 9.17) is 0 Å². The largest absolute Gasteiger partial charge is 0.391 e. The minimum Gasteiger partial charge on any atom is -0.391 e. The Balaban J connectivity index is 1.36. The quantitative estimate of drug-likeness (QED) is 0.396. The highest BCUT2D eigenvalue weighted by Crippen LogP contribution is 2.44. The van der Waals surface area contributed by atoms with Crippen LogP contribution in [0.3, 0.4) is 0 Å². The van der Waals surface area contributed by atoms with Gasteiger partial charge in [-0.3, -0.25) is 9.48 Å². The van der Waals surface area contributed by atoms with Gasteiger partial charge in [-0.15, -0.1) is 0 Å². The van der Waals surface area contributed by atoms with E-state index in [1.54, 1.807) is 10.9 Å². The van der Waals surface area contributed by atoms with E-state index in [-0.39, 0.29) is 17.8 Å². The molecule has 2 saturated carbocycles. The maximum absolute atomic E-state index is 15.3. The van der Waals surface area contributed by atoms with Gasteiger partial charge in [-0.25, -0.2) is 4.39 Å². The lowest BCUT2D eigenvalue weighted by Gasteiger charge is -2.28. The van der Waals surface area contributed by atoms with Gasteiger partial charge in [0.05, 0.1) is 29.4 Å². The molecule has 6 nitrogen and oxygen atoms in total. The van der Waals surface area contributed by atoms with Crippen molar-refractivity contribution in [3.8, 4) is 11.1 Å². The van der Waals surface area contributed by atoms with Gasteiger partial charge in [-0.05, 0) is 54.4 Å². The first-order chi connectivity index (χ1) is 17.5. The van der Waals surface area contributed by atoms with E-state index < -0.39 is 6.10 Å². The summed E-state index contributed by atoms with van der Waals surface area (Å²) in [6.45, 7) is 0.534. The van der Waals surface area contributed by atoms with E-state index in [0.29, 0.717) is 29.8 Å². The Morgan fingerprint density at radius 3 is 2.53 bits per heavy atom. The maximum Gasteiger partial charge on any atom is 0.253 e. The number of carbonyl (C=O) groups is 1. The van der Waals surface area contributed by atoms with Crippen molar-refractivity contribution in [2.45, 2.75) is 63.1 Å². The summed E-state index contributed by atoms with van der Waals surface area (Å²) in [5, 5.41) is 18.0.